The van der Waals surface area contributed by atoms with Gasteiger partial charge < -0.3 is 5.32 Å². The smallest absolute Gasteiger partial charge is 0.128 e. The van der Waals surface area contributed by atoms with Gasteiger partial charge in [-0.15, -0.1) is 11.3 Å². The molecule has 2 nitrogen and oxygen atoms in total. The van der Waals surface area contributed by atoms with Crippen molar-refractivity contribution in [3.05, 3.63) is 50.7 Å². The maximum absolute atomic E-state index is 14.3. The van der Waals surface area contributed by atoms with Crippen LogP contribution in [0.5, 0.6) is 0 Å². The quantitative estimate of drug-likeness (QED) is 0.917. The second-order valence-corrected chi connectivity index (χ2v) is 6.02. The molecule has 1 unspecified atom stereocenters. The summed E-state index contributed by atoms with van der Waals surface area (Å²) in [4.78, 5) is 5.34. The van der Waals surface area contributed by atoms with E-state index in [4.69, 9.17) is 0 Å². The van der Waals surface area contributed by atoms with Crippen molar-refractivity contribution < 1.29 is 4.39 Å². The van der Waals surface area contributed by atoms with Gasteiger partial charge in [0.05, 0.1) is 11.0 Å². The number of aromatic nitrogens is 1. The van der Waals surface area contributed by atoms with E-state index in [1.165, 1.54) is 0 Å². The van der Waals surface area contributed by atoms with Crippen molar-refractivity contribution in [2.24, 2.45) is 0 Å². The molecule has 4 heteroatoms. The zero-order valence-corrected chi connectivity index (χ0v) is 12.6. The summed E-state index contributed by atoms with van der Waals surface area (Å²) in [6.07, 6.45) is 1.84. The van der Waals surface area contributed by atoms with Gasteiger partial charge in [0.15, 0.2) is 0 Å². The first-order valence-electron chi connectivity index (χ1n) is 6.45. The van der Waals surface area contributed by atoms with Gasteiger partial charge in [0.25, 0.3) is 0 Å². The fourth-order valence-corrected chi connectivity index (χ4v) is 3.22. The van der Waals surface area contributed by atoms with Crippen LogP contribution in [0.25, 0.3) is 0 Å². The lowest BCUT2D eigenvalue weighted by molar-refractivity contribution is 0.559. The second-order valence-electron chi connectivity index (χ2n) is 4.75. The van der Waals surface area contributed by atoms with Gasteiger partial charge in [0.1, 0.15) is 5.82 Å². The van der Waals surface area contributed by atoms with Gasteiger partial charge >= 0.3 is 0 Å². The van der Waals surface area contributed by atoms with E-state index >= 15 is 0 Å². The molecule has 2 aromatic rings. The highest BCUT2D eigenvalue weighted by Crippen LogP contribution is 2.31. The Morgan fingerprint density at radius 1 is 1.32 bits per heavy atom. The second kappa shape index (κ2) is 5.80. The van der Waals surface area contributed by atoms with Crippen molar-refractivity contribution >= 4 is 11.3 Å². The molecule has 0 spiro atoms. The van der Waals surface area contributed by atoms with Gasteiger partial charge in [-0.2, -0.15) is 0 Å². The summed E-state index contributed by atoms with van der Waals surface area (Å²) < 4.78 is 14.3. The highest BCUT2D eigenvalue weighted by atomic mass is 32.1. The third kappa shape index (κ3) is 3.01. The Balaban J connectivity index is 2.51. The molecule has 2 rings (SSSR count). The first-order chi connectivity index (χ1) is 9.02. The molecule has 1 atom stereocenters. The highest BCUT2D eigenvalue weighted by molar-refractivity contribution is 7.11. The predicted molar refractivity (Wildman–Crippen MR) is 78.2 cm³/mol. The molecule has 1 heterocycles. The van der Waals surface area contributed by atoms with Crippen LogP contribution in [-0.2, 0) is 0 Å². The lowest BCUT2D eigenvalue weighted by Crippen LogP contribution is -2.23. The molecule has 1 aromatic heterocycles. The van der Waals surface area contributed by atoms with Crippen molar-refractivity contribution in [1.82, 2.24) is 10.3 Å². The van der Waals surface area contributed by atoms with Gasteiger partial charge in [-0.3, -0.25) is 0 Å². The number of nitrogens with zero attached hydrogens (tertiary/aromatic N) is 1. The average Bonchev–Trinajstić information content (AvgIpc) is 2.73. The maximum atomic E-state index is 14.3. The molecule has 0 amide bonds. The predicted octanol–water partition coefficient (Wildman–Crippen LogP) is 3.91. The normalized spacial score (nSPS) is 12.7. The van der Waals surface area contributed by atoms with Gasteiger partial charge in [-0.1, -0.05) is 13.0 Å². The van der Waals surface area contributed by atoms with E-state index in [9.17, 15) is 4.39 Å². The van der Waals surface area contributed by atoms with Crippen LogP contribution >= 0.6 is 11.3 Å². The van der Waals surface area contributed by atoms with Crippen LogP contribution in [0, 0.1) is 26.6 Å². The van der Waals surface area contributed by atoms with Crippen molar-refractivity contribution in [3.63, 3.8) is 0 Å². The van der Waals surface area contributed by atoms with Crippen LogP contribution in [0.4, 0.5) is 4.39 Å². The Labute approximate surface area is 117 Å². The molecule has 19 heavy (non-hydrogen) atoms. The van der Waals surface area contributed by atoms with Crippen LogP contribution in [-0.4, -0.2) is 11.5 Å². The van der Waals surface area contributed by atoms with Crippen LogP contribution in [0.3, 0.4) is 0 Å². The molecule has 102 valence electrons. The number of rotatable bonds is 4. The van der Waals surface area contributed by atoms with Crippen LogP contribution < -0.4 is 5.32 Å². The monoisotopic (exact) mass is 278 g/mol. The molecule has 1 aromatic carbocycles. The minimum atomic E-state index is -0.144. The van der Waals surface area contributed by atoms with E-state index in [1.54, 1.807) is 17.4 Å². The van der Waals surface area contributed by atoms with Crippen molar-refractivity contribution in [3.8, 4) is 0 Å². The summed E-state index contributed by atoms with van der Waals surface area (Å²) in [5, 5.41) is 4.36. The third-order valence-electron chi connectivity index (χ3n) is 3.10. The molecule has 0 aliphatic rings. The Hall–Kier alpha value is -1.26. The summed E-state index contributed by atoms with van der Waals surface area (Å²) >= 11 is 1.61. The Morgan fingerprint density at radius 3 is 2.58 bits per heavy atom. The van der Waals surface area contributed by atoms with Gasteiger partial charge in [-0.25, -0.2) is 9.37 Å². The molecule has 1 N–H and O–H groups in total. The molecule has 0 aliphatic carbocycles. The molecular weight excluding hydrogens is 259 g/mol. The number of hydrogen-bond donors (Lipinski definition) is 1. The molecule has 0 aliphatic heterocycles. The third-order valence-corrected chi connectivity index (χ3v) is 4.08. The SMILES string of the molecule is CCNC(c1cnc(C)s1)c1c(C)cc(C)cc1F. The van der Waals surface area contributed by atoms with Crippen molar-refractivity contribution in [1.29, 1.82) is 0 Å². The number of aryl methyl sites for hydroxylation is 3. The standard InChI is InChI=1S/C15H19FN2S/c1-5-17-15(13-8-18-11(4)19-13)14-10(3)6-9(2)7-12(14)16/h6-8,15,17H,5H2,1-4H3. The Bertz CT molecular complexity index is 554. The number of benzene rings is 1. The fourth-order valence-electron chi connectivity index (χ4n) is 2.35. The molecular formula is C15H19FN2S. The molecule has 0 fully saturated rings. The summed E-state index contributed by atoms with van der Waals surface area (Å²) in [6.45, 7) is 8.66. The van der Waals surface area contributed by atoms with Gasteiger partial charge in [0, 0.05) is 16.6 Å². The molecule has 0 bridgehead atoms. The van der Waals surface area contributed by atoms with E-state index in [0.29, 0.717) is 0 Å². The van der Waals surface area contributed by atoms with E-state index in [0.717, 1.165) is 33.1 Å². The zero-order chi connectivity index (χ0) is 14.0. The molecule has 0 radical (unpaired) electrons. The van der Waals surface area contributed by atoms with Crippen LogP contribution in [0.1, 0.15) is 39.5 Å². The molecule has 0 saturated carbocycles. The molecule has 0 saturated heterocycles. The largest absolute Gasteiger partial charge is 0.306 e. The number of nitrogens with one attached hydrogen (secondary N) is 1. The van der Waals surface area contributed by atoms with Crippen molar-refractivity contribution in [2.45, 2.75) is 33.7 Å². The summed E-state index contributed by atoms with van der Waals surface area (Å²) in [6, 6.07) is 3.51. The first kappa shape index (κ1) is 14.2. The lowest BCUT2D eigenvalue weighted by atomic mass is 9.97. The van der Waals surface area contributed by atoms with Gasteiger partial charge in [0.2, 0.25) is 0 Å². The zero-order valence-electron chi connectivity index (χ0n) is 11.7. The summed E-state index contributed by atoms with van der Waals surface area (Å²) in [7, 11) is 0. The minimum absolute atomic E-state index is 0.114. The number of thiazole rings is 1. The maximum Gasteiger partial charge on any atom is 0.128 e. The van der Waals surface area contributed by atoms with Crippen molar-refractivity contribution in [2.75, 3.05) is 6.54 Å². The fraction of sp³-hybridized carbons (Fsp3) is 0.400. The average molecular weight is 278 g/mol. The minimum Gasteiger partial charge on any atom is -0.306 e. The Kier molecular flexibility index (Phi) is 4.32. The summed E-state index contributed by atoms with van der Waals surface area (Å²) in [5.41, 5.74) is 2.67. The summed E-state index contributed by atoms with van der Waals surface area (Å²) in [5.74, 6) is -0.144. The van der Waals surface area contributed by atoms with E-state index in [2.05, 4.69) is 10.3 Å². The van der Waals surface area contributed by atoms with E-state index in [-0.39, 0.29) is 11.9 Å². The van der Waals surface area contributed by atoms with E-state index in [1.807, 2.05) is 40.0 Å². The number of halogens is 1. The van der Waals surface area contributed by atoms with Gasteiger partial charge in [-0.05, 0) is 44.5 Å². The first-order valence-corrected chi connectivity index (χ1v) is 7.27. The van der Waals surface area contributed by atoms with Crippen LogP contribution in [0.2, 0.25) is 0 Å². The topological polar surface area (TPSA) is 24.9 Å². The van der Waals surface area contributed by atoms with Crippen LogP contribution in [0.15, 0.2) is 18.3 Å². The highest BCUT2D eigenvalue weighted by Gasteiger charge is 2.21. The Morgan fingerprint density at radius 2 is 2.05 bits per heavy atom. The number of hydrogen-bond acceptors (Lipinski definition) is 3. The van der Waals surface area contributed by atoms with E-state index < -0.39 is 0 Å². The lowest BCUT2D eigenvalue weighted by Gasteiger charge is -2.20.